The lowest BCUT2D eigenvalue weighted by Gasteiger charge is -2.25. The molecule has 6 nitrogen and oxygen atoms in total. The summed E-state index contributed by atoms with van der Waals surface area (Å²) in [6.45, 7) is 0.300. The molecule has 1 aliphatic rings. The second kappa shape index (κ2) is 5.44. The first-order valence-corrected chi connectivity index (χ1v) is 6.27. The molecule has 0 unspecified atom stereocenters. The number of hydrogen-bond donors (Lipinski definition) is 2. The molecule has 0 spiro atoms. The number of methoxy groups -OCH3 is 1. The summed E-state index contributed by atoms with van der Waals surface area (Å²) in [6.07, 6.45) is 2.94. The van der Waals surface area contributed by atoms with Gasteiger partial charge in [-0.2, -0.15) is 0 Å². The Morgan fingerprint density at radius 3 is 2.68 bits per heavy atom. The van der Waals surface area contributed by atoms with E-state index in [1.54, 1.807) is 19.2 Å². The van der Waals surface area contributed by atoms with Gasteiger partial charge in [-0.25, -0.2) is 0 Å². The number of rotatable bonds is 5. The van der Waals surface area contributed by atoms with Crippen LogP contribution in [0.15, 0.2) is 16.5 Å². The van der Waals surface area contributed by atoms with Crippen LogP contribution in [-0.4, -0.2) is 24.5 Å². The molecule has 0 atom stereocenters. The van der Waals surface area contributed by atoms with E-state index in [9.17, 15) is 9.59 Å². The van der Waals surface area contributed by atoms with Crippen LogP contribution in [0.4, 0.5) is 0 Å². The fraction of sp³-hybridized carbons (Fsp3) is 0.538. The highest BCUT2D eigenvalue weighted by Gasteiger charge is 2.41. The Morgan fingerprint density at radius 2 is 2.11 bits per heavy atom. The van der Waals surface area contributed by atoms with Gasteiger partial charge < -0.3 is 20.2 Å². The van der Waals surface area contributed by atoms with E-state index in [2.05, 4.69) is 5.32 Å². The van der Waals surface area contributed by atoms with Gasteiger partial charge in [0, 0.05) is 7.11 Å². The first-order valence-electron chi connectivity index (χ1n) is 6.27. The van der Waals surface area contributed by atoms with Crippen LogP contribution in [0.1, 0.15) is 42.0 Å². The maximum absolute atomic E-state index is 12.1. The number of carbonyl (C=O) groups excluding carboxylic acids is 2. The van der Waals surface area contributed by atoms with Gasteiger partial charge in [-0.15, -0.1) is 0 Å². The lowest BCUT2D eigenvalue weighted by Crippen LogP contribution is -2.55. The molecular formula is C13H18N2O4. The number of amides is 2. The van der Waals surface area contributed by atoms with E-state index in [0.29, 0.717) is 25.2 Å². The third-order valence-corrected chi connectivity index (χ3v) is 3.45. The number of nitrogens with two attached hydrogens (primary N) is 1. The van der Waals surface area contributed by atoms with E-state index < -0.39 is 17.4 Å². The smallest absolute Gasteiger partial charge is 0.287 e. The van der Waals surface area contributed by atoms with Gasteiger partial charge in [0.1, 0.15) is 17.9 Å². The van der Waals surface area contributed by atoms with Gasteiger partial charge in [-0.3, -0.25) is 9.59 Å². The highest BCUT2D eigenvalue weighted by Crippen LogP contribution is 2.29. The molecule has 2 rings (SSSR count). The van der Waals surface area contributed by atoms with Crippen LogP contribution >= 0.6 is 0 Å². The largest absolute Gasteiger partial charge is 0.453 e. The predicted molar refractivity (Wildman–Crippen MR) is 67.3 cm³/mol. The summed E-state index contributed by atoms with van der Waals surface area (Å²) in [5.41, 5.74) is 4.48. The molecule has 1 saturated carbocycles. The van der Waals surface area contributed by atoms with Crippen molar-refractivity contribution < 1.29 is 18.7 Å². The number of furan rings is 1. The van der Waals surface area contributed by atoms with Crippen LogP contribution in [0, 0.1) is 0 Å². The summed E-state index contributed by atoms with van der Waals surface area (Å²) >= 11 is 0. The summed E-state index contributed by atoms with van der Waals surface area (Å²) in [4.78, 5) is 23.6. The number of ether oxygens (including phenoxy) is 1. The van der Waals surface area contributed by atoms with Crippen molar-refractivity contribution in [3.8, 4) is 0 Å². The second-order valence-corrected chi connectivity index (χ2v) is 4.81. The van der Waals surface area contributed by atoms with Crippen molar-refractivity contribution in [2.45, 2.75) is 37.8 Å². The quantitative estimate of drug-likeness (QED) is 0.829. The molecule has 6 heteroatoms. The zero-order valence-corrected chi connectivity index (χ0v) is 10.9. The van der Waals surface area contributed by atoms with Crippen molar-refractivity contribution >= 4 is 11.8 Å². The van der Waals surface area contributed by atoms with E-state index in [1.807, 2.05) is 0 Å². The lowest BCUT2D eigenvalue weighted by atomic mass is 9.96. The summed E-state index contributed by atoms with van der Waals surface area (Å²) in [5, 5.41) is 2.72. The predicted octanol–water partition coefficient (Wildman–Crippen LogP) is 0.954. The van der Waals surface area contributed by atoms with Crippen molar-refractivity contribution in [3.63, 3.8) is 0 Å². The van der Waals surface area contributed by atoms with Crippen molar-refractivity contribution in [2.75, 3.05) is 7.11 Å². The normalized spacial score (nSPS) is 17.3. The van der Waals surface area contributed by atoms with Crippen LogP contribution in [0.5, 0.6) is 0 Å². The molecule has 0 saturated heterocycles. The second-order valence-electron chi connectivity index (χ2n) is 4.81. The maximum atomic E-state index is 12.1. The highest BCUT2D eigenvalue weighted by atomic mass is 16.5. The first kappa shape index (κ1) is 13.6. The number of primary amides is 1. The molecule has 3 N–H and O–H groups in total. The standard InChI is InChI=1S/C13H18N2O4/c1-18-8-9-4-5-10(19-9)11(16)15-13(12(14)17)6-2-3-7-13/h4-5H,2-3,6-8H2,1H3,(H2,14,17)(H,15,16). The fourth-order valence-electron chi connectivity index (χ4n) is 2.41. The van der Waals surface area contributed by atoms with Crippen LogP contribution in [0.25, 0.3) is 0 Å². The molecule has 1 fully saturated rings. The fourth-order valence-corrected chi connectivity index (χ4v) is 2.41. The zero-order chi connectivity index (χ0) is 13.9. The summed E-state index contributed by atoms with van der Waals surface area (Å²) in [5.74, 6) is -0.170. The van der Waals surface area contributed by atoms with E-state index in [1.165, 1.54) is 0 Å². The van der Waals surface area contributed by atoms with Crippen molar-refractivity contribution in [1.29, 1.82) is 0 Å². The van der Waals surface area contributed by atoms with Crippen molar-refractivity contribution in [3.05, 3.63) is 23.7 Å². The topological polar surface area (TPSA) is 94.6 Å². The van der Waals surface area contributed by atoms with E-state index in [-0.39, 0.29) is 5.76 Å². The average molecular weight is 266 g/mol. The minimum atomic E-state index is -0.925. The third kappa shape index (κ3) is 2.78. The Bertz CT molecular complexity index is 475. The molecule has 0 aromatic carbocycles. The van der Waals surface area contributed by atoms with Gasteiger partial charge in [0.25, 0.3) is 5.91 Å². The molecule has 1 aromatic heterocycles. The van der Waals surface area contributed by atoms with Gasteiger partial charge >= 0.3 is 0 Å². The Hall–Kier alpha value is -1.82. The van der Waals surface area contributed by atoms with E-state index >= 15 is 0 Å². The zero-order valence-electron chi connectivity index (χ0n) is 10.9. The van der Waals surface area contributed by atoms with Gasteiger partial charge in [0.05, 0.1) is 0 Å². The molecule has 0 aliphatic heterocycles. The molecular weight excluding hydrogens is 248 g/mol. The Labute approximate surface area is 111 Å². The van der Waals surface area contributed by atoms with E-state index in [0.717, 1.165) is 12.8 Å². The van der Waals surface area contributed by atoms with Gasteiger partial charge in [0.15, 0.2) is 5.76 Å². The molecule has 1 aliphatic carbocycles. The van der Waals surface area contributed by atoms with Crippen LogP contribution in [-0.2, 0) is 16.1 Å². The van der Waals surface area contributed by atoms with Gasteiger partial charge in [-0.1, -0.05) is 12.8 Å². The summed E-state index contributed by atoms with van der Waals surface area (Å²) in [6, 6.07) is 3.23. The lowest BCUT2D eigenvalue weighted by molar-refractivity contribution is -0.123. The third-order valence-electron chi connectivity index (χ3n) is 3.45. The minimum Gasteiger partial charge on any atom is -0.453 e. The Balaban J connectivity index is 2.08. The molecule has 0 radical (unpaired) electrons. The number of hydrogen-bond acceptors (Lipinski definition) is 4. The minimum absolute atomic E-state index is 0.166. The molecule has 1 aromatic rings. The molecule has 0 bridgehead atoms. The summed E-state index contributed by atoms with van der Waals surface area (Å²) < 4.78 is 10.2. The SMILES string of the molecule is COCc1ccc(C(=O)NC2(C(N)=O)CCCC2)o1. The molecule has 104 valence electrons. The first-order chi connectivity index (χ1) is 9.07. The van der Waals surface area contributed by atoms with E-state index in [4.69, 9.17) is 14.9 Å². The van der Waals surface area contributed by atoms with Crippen molar-refractivity contribution in [1.82, 2.24) is 5.32 Å². The summed E-state index contributed by atoms with van der Waals surface area (Å²) in [7, 11) is 1.54. The van der Waals surface area contributed by atoms with Gasteiger partial charge in [0.2, 0.25) is 5.91 Å². The molecule has 19 heavy (non-hydrogen) atoms. The monoisotopic (exact) mass is 266 g/mol. The van der Waals surface area contributed by atoms with Crippen LogP contribution in [0.3, 0.4) is 0 Å². The average Bonchev–Trinajstić information content (AvgIpc) is 2.99. The number of nitrogens with one attached hydrogen (secondary N) is 1. The molecule has 1 heterocycles. The van der Waals surface area contributed by atoms with Crippen molar-refractivity contribution in [2.24, 2.45) is 5.73 Å². The Morgan fingerprint density at radius 1 is 1.42 bits per heavy atom. The number of carbonyl (C=O) groups is 2. The van der Waals surface area contributed by atoms with Crippen LogP contribution in [0.2, 0.25) is 0 Å². The maximum Gasteiger partial charge on any atom is 0.287 e. The van der Waals surface area contributed by atoms with Gasteiger partial charge in [-0.05, 0) is 25.0 Å². The van der Waals surface area contributed by atoms with Crippen LogP contribution < -0.4 is 11.1 Å². The highest BCUT2D eigenvalue weighted by molar-refractivity contribution is 5.97. The Kier molecular flexibility index (Phi) is 3.90. The molecule has 2 amide bonds.